The van der Waals surface area contributed by atoms with Gasteiger partial charge in [-0.25, -0.2) is 9.13 Å². The average molecular weight is 520 g/mol. The Morgan fingerprint density at radius 3 is 2.44 bits per heavy atom. The van der Waals surface area contributed by atoms with E-state index in [4.69, 9.17) is 14.3 Å². The molecular weight excluding hydrogens is 490 g/mol. The molecule has 4 aliphatic rings. The molecule has 11 nitrogen and oxygen atoms in total. The van der Waals surface area contributed by atoms with E-state index >= 15 is 0 Å². The third-order valence-electron chi connectivity index (χ3n) is 8.39. The number of carbonyl (C=O) groups is 2. The number of ketones is 2. The highest BCUT2D eigenvalue weighted by Crippen LogP contribution is 2.67. The Morgan fingerprint density at radius 1 is 1.15 bits per heavy atom. The van der Waals surface area contributed by atoms with Crippen molar-refractivity contribution < 1.29 is 52.4 Å². The molecule has 0 aromatic rings. The molecule has 190 valence electrons. The summed E-state index contributed by atoms with van der Waals surface area (Å²) in [6, 6.07) is 0. The van der Waals surface area contributed by atoms with Crippen LogP contribution in [-0.2, 0) is 27.8 Å². The number of phosphoric acid groups is 2. The van der Waals surface area contributed by atoms with Gasteiger partial charge in [-0.2, -0.15) is 0 Å². The number of hydrogen-bond donors (Lipinski definition) is 5. The molecule has 0 aromatic carbocycles. The minimum atomic E-state index is -4.91. The smallest absolute Gasteiger partial charge is 0.382 e. The van der Waals surface area contributed by atoms with E-state index in [1.807, 2.05) is 13.8 Å². The fraction of sp³-hybridized carbons (Fsp3) is 0.714. The van der Waals surface area contributed by atoms with E-state index in [2.05, 4.69) is 4.52 Å². The van der Waals surface area contributed by atoms with Crippen molar-refractivity contribution in [1.29, 1.82) is 0 Å². The minimum Gasteiger partial charge on any atom is -0.382 e. The molecule has 1 unspecified atom stereocenters. The van der Waals surface area contributed by atoms with Crippen molar-refractivity contribution in [3.05, 3.63) is 23.8 Å². The first-order chi connectivity index (χ1) is 15.5. The zero-order chi connectivity index (χ0) is 25.3. The summed E-state index contributed by atoms with van der Waals surface area (Å²) in [5.41, 5.74) is -2.44. The van der Waals surface area contributed by atoms with Crippen LogP contribution in [0.2, 0.25) is 0 Å². The number of allylic oxidation sites excluding steroid dienone is 4. The molecule has 5 N–H and O–H groups in total. The van der Waals surface area contributed by atoms with Crippen LogP contribution in [0.25, 0.3) is 0 Å². The molecule has 0 amide bonds. The van der Waals surface area contributed by atoms with Crippen molar-refractivity contribution in [2.24, 2.45) is 28.6 Å². The van der Waals surface area contributed by atoms with Gasteiger partial charge < -0.3 is 24.7 Å². The normalized spacial score (nSPS) is 42.0. The number of rotatable bonds is 6. The van der Waals surface area contributed by atoms with Crippen LogP contribution in [0.3, 0.4) is 0 Å². The van der Waals surface area contributed by atoms with Gasteiger partial charge in [0.2, 0.25) is 0 Å². The lowest BCUT2D eigenvalue weighted by atomic mass is 9.47. The predicted octanol–water partition coefficient (Wildman–Crippen LogP) is 1.79. The second-order valence-corrected chi connectivity index (χ2v) is 13.0. The fourth-order valence-corrected chi connectivity index (χ4v) is 8.04. The van der Waals surface area contributed by atoms with Gasteiger partial charge in [0.1, 0.15) is 12.2 Å². The summed E-state index contributed by atoms with van der Waals surface area (Å²) in [6.07, 6.45) is 5.18. The van der Waals surface area contributed by atoms with Crippen molar-refractivity contribution in [1.82, 2.24) is 0 Å². The molecule has 34 heavy (non-hydrogen) atoms. The highest BCUT2D eigenvalue weighted by Gasteiger charge is 2.65. The lowest BCUT2D eigenvalue weighted by molar-refractivity contribution is -0.140. The molecule has 0 heterocycles. The maximum Gasteiger partial charge on any atom is 0.470 e. The Morgan fingerprint density at radius 2 is 1.82 bits per heavy atom. The number of hydrogen-bond acceptors (Lipinski definition) is 7. The van der Waals surface area contributed by atoms with Gasteiger partial charge in [0.05, 0.1) is 6.10 Å². The molecule has 0 saturated heterocycles. The standard InChI is InChI=1S/C21H30O11P2/c1-19-9-16(32-34(28,29)30)18-14(4-3-12-7-13(22)5-6-20(12,18)2)15(19)8-21(24,11-19)17(23)10-31-33(25,26)27/h5-7,14-16,18,24H,3-4,8-11H2,1-2H3,(H2,25,26,27)(H2,28,29,30)/t14-,15-,16?,18+,19+,20-,21+/m0/s1. The third-order valence-corrected chi connectivity index (χ3v) is 9.40. The molecule has 13 heteroatoms. The van der Waals surface area contributed by atoms with E-state index in [0.717, 1.165) is 5.57 Å². The van der Waals surface area contributed by atoms with Crippen LogP contribution in [-0.4, -0.2) is 54.6 Å². The summed E-state index contributed by atoms with van der Waals surface area (Å²) >= 11 is 0. The van der Waals surface area contributed by atoms with Crippen molar-refractivity contribution in [2.75, 3.05) is 6.61 Å². The number of carbonyl (C=O) groups excluding carboxylic acids is 2. The SMILES string of the molecule is C[C@]12CC(OP(=O)(O)O)[C@H]3[C@@H](CCC4=CC(=O)C=C[C@@]43C)[C@@H]1C[C@](O)(C(=O)COP(=O)(O)O)C2. The largest absolute Gasteiger partial charge is 0.470 e. The number of phosphoric ester groups is 2. The zero-order valence-electron chi connectivity index (χ0n) is 18.9. The third kappa shape index (κ3) is 4.71. The van der Waals surface area contributed by atoms with Crippen molar-refractivity contribution >= 4 is 27.2 Å². The first kappa shape index (κ1) is 26.1. The van der Waals surface area contributed by atoms with Gasteiger partial charge in [-0.1, -0.05) is 25.5 Å². The number of aliphatic hydroxyl groups is 1. The molecule has 3 fully saturated rings. The monoisotopic (exact) mass is 520 g/mol. The summed E-state index contributed by atoms with van der Waals surface area (Å²) in [5, 5.41) is 11.2. The Bertz CT molecular complexity index is 1060. The van der Waals surface area contributed by atoms with E-state index in [9.17, 15) is 33.6 Å². The quantitative estimate of drug-likeness (QED) is 0.321. The Labute approximate surface area is 196 Å². The molecule has 4 aliphatic carbocycles. The van der Waals surface area contributed by atoms with Gasteiger partial charge in [-0.3, -0.25) is 18.6 Å². The highest BCUT2D eigenvalue weighted by atomic mass is 31.2. The van der Waals surface area contributed by atoms with Crippen LogP contribution in [0.5, 0.6) is 0 Å². The van der Waals surface area contributed by atoms with Crippen LogP contribution in [0, 0.1) is 28.6 Å². The molecule has 0 bridgehead atoms. The summed E-state index contributed by atoms with van der Waals surface area (Å²) in [6.45, 7) is 2.81. The molecule has 0 aliphatic heterocycles. The summed E-state index contributed by atoms with van der Waals surface area (Å²) in [4.78, 5) is 61.9. The van der Waals surface area contributed by atoms with E-state index in [-0.39, 0.29) is 36.9 Å². The Kier molecular flexibility index (Phi) is 6.34. The molecule has 0 radical (unpaired) electrons. The van der Waals surface area contributed by atoms with Gasteiger partial charge in [-0.05, 0) is 61.5 Å². The molecule has 4 rings (SSSR count). The van der Waals surface area contributed by atoms with Gasteiger partial charge in [0.25, 0.3) is 0 Å². The average Bonchev–Trinajstić information content (AvgIpc) is 2.96. The highest BCUT2D eigenvalue weighted by molar-refractivity contribution is 7.46. The zero-order valence-corrected chi connectivity index (χ0v) is 20.7. The fourth-order valence-electron chi connectivity index (χ4n) is 7.19. The van der Waals surface area contributed by atoms with E-state index < -0.39 is 56.5 Å². The van der Waals surface area contributed by atoms with Crippen LogP contribution < -0.4 is 0 Å². The first-order valence-corrected chi connectivity index (χ1v) is 14.2. The predicted molar refractivity (Wildman–Crippen MR) is 117 cm³/mol. The summed E-state index contributed by atoms with van der Waals surface area (Å²) < 4.78 is 32.6. The van der Waals surface area contributed by atoms with Gasteiger partial charge in [0, 0.05) is 11.3 Å². The number of fused-ring (bicyclic) bond motifs is 5. The lowest BCUT2D eigenvalue weighted by Gasteiger charge is -2.58. The summed E-state index contributed by atoms with van der Waals surface area (Å²) in [7, 11) is -9.79. The van der Waals surface area contributed by atoms with Crippen LogP contribution in [0.15, 0.2) is 23.8 Å². The second kappa shape index (κ2) is 8.26. The van der Waals surface area contributed by atoms with E-state index in [1.54, 1.807) is 12.2 Å². The number of Topliss-reactive ketones (excluding diaryl/α,β-unsaturated/α-hetero) is 1. The van der Waals surface area contributed by atoms with Crippen molar-refractivity contribution in [3.8, 4) is 0 Å². The molecule has 0 aromatic heterocycles. The summed E-state index contributed by atoms with van der Waals surface area (Å²) in [5.74, 6) is -1.81. The van der Waals surface area contributed by atoms with Crippen LogP contribution in [0.4, 0.5) is 0 Å². The van der Waals surface area contributed by atoms with Crippen molar-refractivity contribution in [3.63, 3.8) is 0 Å². The first-order valence-electron chi connectivity index (χ1n) is 11.1. The maximum absolute atomic E-state index is 12.8. The van der Waals surface area contributed by atoms with Crippen molar-refractivity contribution in [2.45, 2.75) is 57.7 Å². The van der Waals surface area contributed by atoms with E-state index in [1.165, 1.54) is 6.08 Å². The lowest BCUT2D eigenvalue weighted by Crippen LogP contribution is -2.55. The molecule has 0 spiro atoms. The Balaban J connectivity index is 1.70. The van der Waals surface area contributed by atoms with Gasteiger partial charge in [0.15, 0.2) is 11.6 Å². The molecule has 7 atom stereocenters. The second-order valence-electron chi connectivity index (χ2n) is 10.6. The van der Waals surface area contributed by atoms with Gasteiger partial charge in [-0.15, -0.1) is 0 Å². The van der Waals surface area contributed by atoms with Gasteiger partial charge >= 0.3 is 15.6 Å². The minimum absolute atomic E-state index is 0.0361. The molecule has 3 saturated carbocycles. The topological polar surface area (TPSA) is 188 Å². The molecular formula is C21H30O11P2. The van der Waals surface area contributed by atoms with E-state index in [0.29, 0.717) is 12.8 Å². The Hall–Kier alpha value is -1.00. The van der Waals surface area contributed by atoms with Crippen LogP contribution in [0.1, 0.15) is 46.0 Å². The van der Waals surface area contributed by atoms with Crippen LogP contribution >= 0.6 is 15.6 Å². The maximum atomic E-state index is 12.8.